The molecular formula is C21H18ClIN2O2. The van der Waals surface area contributed by atoms with Crippen molar-refractivity contribution >= 4 is 52.1 Å². The number of aromatic nitrogens is 1. The average Bonchev–Trinajstić information content (AvgIpc) is 2.87. The van der Waals surface area contributed by atoms with Crippen molar-refractivity contribution in [3.05, 3.63) is 79.1 Å². The van der Waals surface area contributed by atoms with Gasteiger partial charge in [-0.2, -0.15) is 0 Å². The van der Waals surface area contributed by atoms with Gasteiger partial charge in [0.05, 0.1) is 16.3 Å². The van der Waals surface area contributed by atoms with Crippen LogP contribution in [0.1, 0.15) is 32.9 Å². The molecule has 138 valence electrons. The fourth-order valence-electron chi connectivity index (χ4n) is 3.03. The Kier molecular flexibility index (Phi) is 5.72. The van der Waals surface area contributed by atoms with Crippen LogP contribution in [0.15, 0.2) is 47.5 Å². The second-order valence-corrected chi connectivity index (χ2v) is 7.97. The number of benzene rings is 2. The molecule has 0 unspecified atom stereocenters. The van der Waals surface area contributed by atoms with Crippen molar-refractivity contribution in [1.82, 2.24) is 4.57 Å². The lowest BCUT2D eigenvalue weighted by molar-refractivity contribution is 0.0697. The Morgan fingerprint density at radius 2 is 1.89 bits per heavy atom. The minimum atomic E-state index is -1.03. The number of rotatable bonds is 4. The summed E-state index contributed by atoms with van der Waals surface area (Å²) >= 11 is 8.42. The Morgan fingerprint density at radius 3 is 2.52 bits per heavy atom. The van der Waals surface area contributed by atoms with E-state index in [0.29, 0.717) is 0 Å². The van der Waals surface area contributed by atoms with E-state index in [-0.39, 0.29) is 10.6 Å². The zero-order valence-electron chi connectivity index (χ0n) is 15.1. The van der Waals surface area contributed by atoms with Gasteiger partial charge in [-0.05, 0) is 91.4 Å². The third kappa shape index (κ3) is 4.09. The molecule has 0 fully saturated rings. The third-order valence-corrected chi connectivity index (χ3v) is 5.40. The highest BCUT2D eigenvalue weighted by Gasteiger charge is 2.13. The molecule has 0 spiro atoms. The van der Waals surface area contributed by atoms with Crippen LogP contribution in [-0.2, 0) is 0 Å². The first-order valence-corrected chi connectivity index (χ1v) is 9.76. The van der Waals surface area contributed by atoms with E-state index < -0.39 is 5.97 Å². The minimum Gasteiger partial charge on any atom is -0.478 e. The van der Waals surface area contributed by atoms with E-state index in [2.05, 4.69) is 39.7 Å². The molecule has 1 heterocycles. The molecular weight excluding hydrogens is 475 g/mol. The van der Waals surface area contributed by atoms with Crippen LogP contribution in [0.4, 0.5) is 5.69 Å². The molecule has 0 amide bonds. The lowest BCUT2D eigenvalue weighted by Gasteiger charge is -2.11. The van der Waals surface area contributed by atoms with E-state index in [9.17, 15) is 4.79 Å². The summed E-state index contributed by atoms with van der Waals surface area (Å²) in [5, 5.41) is 9.37. The number of aryl methyl sites for hydroxylation is 2. The molecule has 0 atom stereocenters. The molecule has 1 N–H and O–H groups in total. The first-order chi connectivity index (χ1) is 12.8. The summed E-state index contributed by atoms with van der Waals surface area (Å²) in [4.78, 5) is 15.8. The Balaban J connectivity index is 1.99. The molecule has 0 aliphatic carbocycles. The highest BCUT2D eigenvalue weighted by Crippen LogP contribution is 2.26. The fourth-order valence-corrected chi connectivity index (χ4v) is 3.94. The Hall–Kier alpha value is -2.12. The monoisotopic (exact) mass is 492 g/mol. The minimum absolute atomic E-state index is 0.0962. The predicted molar refractivity (Wildman–Crippen MR) is 118 cm³/mol. The van der Waals surface area contributed by atoms with Crippen LogP contribution in [0.3, 0.4) is 0 Å². The van der Waals surface area contributed by atoms with Gasteiger partial charge < -0.3 is 9.67 Å². The predicted octanol–water partition coefficient (Wildman–Crippen LogP) is 6.11. The smallest absolute Gasteiger partial charge is 0.337 e. The van der Waals surface area contributed by atoms with Crippen LogP contribution in [0.2, 0.25) is 5.02 Å². The Labute approximate surface area is 176 Å². The van der Waals surface area contributed by atoms with Crippen molar-refractivity contribution < 1.29 is 9.90 Å². The Morgan fingerprint density at radius 1 is 1.15 bits per heavy atom. The molecule has 0 aliphatic heterocycles. The van der Waals surface area contributed by atoms with Crippen LogP contribution in [-0.4, -0.2) is 21.9 Å². The number of aliphatic imine (C=N–C) groups is 1. The normalized spacial score (nSPS) is 11.3. The third-order valence-electron chi connectivity index (χ3n) is 4.41. The standard InChI is InChI=1S/C21H18ClIN2O2/c1-12-8-16(23)4-7-20(12)24-11-15-9-13(2)25(14(15)3)17-5-6-18(21(26)27)19(22)10-17/h4-11H,1-3H3,(H,26,27). The summed E-state index contributed by atoms with van der Waals surface area (Å²) in [5.41, 5.74) is 6.02. The van der Waals surface area contributed by atoms with E-state index in [1.807, 2.05) is 43.7 Å². The largest absolute Gasteiger partial charge is 0.478 e. The number of hydrogen-bond acceptors (Lipinski definition) is 2. The number of carboxylic acid groups (broad SMARTS) is 1. The van der Waals surface area contributed by atoms with Crippen molar-refractivity contribution in [2.75, 3.05) is 0 Å². The van der Waals surface area contributed by atoms with Gasteiger partial charge in [-0.15, -0.1) is 0 Å². The maximum absolute atomic E-state index is 11.2. The summed E-state index contributed by atoms with van der Waals surface area (Å²) in [6, 6.07) is 13.2. The zero-order chi connectivity index (χ0) is 19.7. The highest BCUT2D eigenvalue weighted by atomic mass is 127. The summed E-state index contributed by atoms with van der Waals surface area (Å²) in [7, 11) is 0. The molecule has 0 bridgehead atoms. The first-order valence-electron chi connectivity index (χ1n) is 8.30. The van der Waals surface area contributed by atoms with Gasteiger partial charge in [0.15, 0.2) is 0 Å². The molecule has 0 saturated carbocycles. The number of carboxylic acids is 1. The van der Waals surface area contributed by atoms with Gasteiger partial charge in [0.1, 0.15) is 0 Å². The van der Waals surface area contributed by atoms with Crippen LogP contribution in [0.5, 0.6) is 0 Å². The molecule has 4 nitrogen and oxygen atoms in total. The fraction of sp³-hybridized carbons (Fsp3) is 0.143. The maximum atomic E-state index is 11.2. The van der Waals surface area contributed by atoms with Gasteiger partial charge in [-0.25, -0.2) is 4.79 Å². The summed E-state index contributed by atoms with van der Waals surface area (Å²) in [6.45, 7) is 6.05. The first kappa shape index (κ1) is 19.6. The highest BCUT2D eigenvalue weighted by molar-refractivity contribution is 14.1. The molecule has 0 radical (unpaired) electrons. The van der Waals surface area contributed by atoms with Crippen molar-refractivity contribution in [2.24, 2.45) is 4.99 Å². The van der Waals surface area contributed by atoms with Gasteiger partial charge in [0, 0.05) is 32.4 Å². The number of carbonyl (C=O) groups is 1. The topological polar surface area (TPSA) is 54.6 Å². The molecule has 6 heteroatoms. The number of aromatic carboxylic acids is 1. The second kappa shape index (κ2) is 7.86. The van der Waals surface area contributed by atoms with E-state index >= 15 is 0 Å². The van der Waals surface area contributed by atoms with Gasteiger partial charge in [-0.1, -0.05) is 11.6 Å². The Bertz CT molecular complexity index is 1070. The zero-order valence-corrected chi connectivity index (χ0v) is 18.0. The molecule has 0 aliphatic rings. The molecule has 3 aromatic rings. The van der Waals surface area contributed by atoms with E-state index in [0.717, 1.165) is 33.9 Å². The van der Waals surface area contributed by atoms with Gasteiger partial charge in [0.25, 0.3) is 0 Å². The van der Waals surface area contributed by atoms with Gasteiger partial charge >= 0.3 is 5.97 Å². The van der Waals surface area contributed by atoms with Crippen LogP contribution in [0.25, 0.3) is 5.69 Å². The van der Waals surface area contributed by atoms with Crippen molar-refractivity contribution in [3.63, 3.8) is 0 Å². The summed E-state index contributed by atoms with van der Waals surface area (Å²) in [6.07, 6.45) is 1.86. The summed E-state index contributed by atoms with van der Waals surface area (Å²) < 4.78 is 3.23. The number of halogens is 2. The maximum Gasteiger partial charge on any atom is 0.337 e. The molecule has 27 heavy (non-hydrogen) atoms. The van der Waals surface area contributed by atoms with Crippen molar-refractivity contribution in [1.29, 1.82) is 0 Å². The quantitative estimate of drug-likeness (QED) is 0.353. The summed E-state index contributed by atoms with van der Waals surface area (Å²) in [5.74, 6) is -1.03. The van der Waals surface area contributed by atoms with Crippen LogP contribution >= 0.6 is 34.2 Å². The van der Waals surface area contributed by atoms with Crippen LogP contribution in [0, 0.1) is 24.3 Å². The van der Waals surface area contributed by atoms with E-state index in [4.69, 9.17) is 16.7 Å². The van der Waals surface area contributed by atoms with E-state index in [1.165, 1.54) is 9.64 Å². The molecule has 1 aromatic heterocycles. The lowest BCUT2D eigenvalue weighted by Crippen LogP contribution is -2.02. The van der Waals surface area contributed by atoms with Gasteiger partial charge in [-0.3, -0.25) is 4.99 Å². The molecule has 2 aromatic carbocycles. The van der Waals surface area contributed by atoms with Gasteiger partial charge in [0.2, 0.25) is 0 Å². The molecule has 0 saturated heterocycles. The number of nitrogens with zero attached hydrogens (tertiary/aromatic N) is 2. The van der Waals surface area contributed by atoms with E-state index in [1.54, 1.807) is 12.1 Å². The number of hydrogen-bond donors (Lipinski definition) is 1. The lowest BCUT2D eigenvalue weighted by atomic mass is 10.2. The second-order valence-electron chi connectivity index (χ2n) is 6.32. The molecule has 3 rings (SSSR count). The van der Waals surface area contributed by atoms with Crippen molar-refractivity contribution in [3.8, 4) is 5.69 Å². The van der Waals surface area contributed by atoms with Crippen LogP contribution < -0.4 is 0 Å². The SMILES string of the molecule is Cc1cc(I)ccc1N=Cc1cc(C)n(-c2ccc(C(=O)O)c(Cl)c2)c1C. The van der Waals surface area contributed by atoms with Crippen molar-refractivity contribution in [2.45, 2.75) is 20.8 Å². The average molecular weight is 493 g/mol.